The number of likely N-dealkylation sites (tertiary alicyclic amines) is 1. The van der Waals surface area contributed by atoms with Crippen LogP contribution >= 0.6 is 0 Å². The minimum Gasteiger partial charge on any atom is -0.494 e. The van der Waals surface area contributed by atoms with E-state index in [2.05, 4.69) is 21.9 Å². The lowest BCUT2D eigenvalue weighted by atomic mass is 10.0. The van der Waals surface area contributed by atoms with Crippen molar-refractivity contribution in [2.75, 3.05) is 45.9 Å². The zero-order valence-electron chi connectivity index (χ0n) is 22.8. The summed E-state index contributed by atoms with van der Waals surface area (Å²) in [5, 5.41) is 26.8. The third kappa shape index (κ3) is 11.4. The molecule has 1 heterocycles. The zero-order valence-corrected chi connectivity index (χ0v) is 22.8. The molecule has 1 aliphatic rings. The van der Waals surface area contributed by atoms with Gasteiger partial charge < -0.3 is 24.4 Å². The van der Waals surface area contributed by atoms with Gasteiger partial charge in [-0.15, -0.1) is 0 Å². The third-order valence-corrected chi connectivity index (χ3v) is 7.12. The minimum absolute atomic E-state index is 0.242. The summed E-state index contributed by atoms with van der Waals surface area (Å²) in [5.74, 6) is 0.863. The van der Waals surface area contributed by atoms with E-state index in [0.717, 1.165) is 89.2 Å². The van der Waals surface area contributed by atoms with Crippen molar-refractivity contribution in [3.05, 3.63) is 59.7 Å². The summed E-state index contributed by atoms with van der Waals surface area (Å²) < 4.78 is 11.7. The Labute approximate surface area is 232 Å². The Bertz CT molecular complexity index is 1070. The number of nitriles is 2. The van der Waals surface area contributed by atoms with Gasteiger partial charge in [-0.05, 0) is 107 Å². The Kier molecular flexibility index (Phi) is 13.1. The van der Waals surface area contributed by atoms with Gasteiger partial charge in [0.05, 0.1) is 36.5 Å². The second-order valence-electron chi connectivity index (χ2n) is 9.99. The molecule has 208 valence electrons. The van der Waals surface area contributed by atoms with E-state index in [1.165, 1.54) is 0 Å². The van der Waals surface area contributed by atoms with Gasteiger partial charge in [0.2, 0.25) is 0 Å². The van der Waals surface area contributed by atoms with Gasteiger partial charge in [-0.2, -0.15) is 10.5 Å². The Morgan fingerprint density at radius 1 is 0.821 bits per heavy atom. The number of nitrogens with zero attached hydrogens (tertiary/aromatic N) is 4. The number of ether oxygens (including phenoxy) is 2. The number of carboxylic acids is 1. The van der Waals surface area contributed by atoms with Crippen molar-refractivity contribution in [2.45, 2.75) is 57.4 Å². The summed E-state index contributed by atoms with van der Waals surface area (Å²) in [6, 6.07) is 19.2. The van der Waals surface area contributed by atoms with Crippen LogP contribution in [-0.2, 0) is 4.79 Å². The van der Waals surface area contributed by atoms with Gasteiger partial charge >= 0.3 is 5.97 Å². The van der Waals surface area contributed by atoms with Crippen LogP contribution < -0.4 is 9.47 Å². The van der Waals surface area contributed by atoms with Crippen LogP contribution in [-0.4, -0.2) is 72.9 Å². The van der Waals surface area contributed by atoms with Crippen molar-refractivity contribution >= 4 is 5.97 Å². The fourth-order valence-electron chi connectivity index (χ4n) is 4.94. The molecule has 0 amide bonds. The number of piperidine rings is 1. The third-order valence-electron chi connectivity index (χ3n) is 7.12. The van der Waals surface area contributed by atoms with Crippen molar-refractivity contribution in [1.29, 1.82) is 10.5 Å². The Balaban J connectivity index is 1.37. The van der Waals surface area contributed by atoms with Gasteiger partial charge in [0.1, 0.15) is 11.5 Å². The summed E-state index contributed by atoms with van der Waals surface area (Å²) in [5.41, 5.74) is 1.26. The van der Waals surface area contributed by atoms with E-state index in [1.54, 1.807) is 24.3 Å². The molecule has 1 fully saturated rings. The SMILES string of the molecule is N#Cc1ccc(OCCCN2CCC(N(CCCCCC(=O)O)CCCOc3ccc(C#N)cc3)CC2)cc1. The van der Waals surface area contributed by atoms with Crippen LogP contribution in [0.5, 0.6) is 11.5 Å². The molecular formula is C31H40N4O4. The van der Waals surface area contributed by atoms with Crippen molar-refractivity contribution in [2.24, 2.45) is 0 Å². The highest BCUT2D eigenvalue weighted by molar-refractivity contribution is 5.66. The fraction of sp³-hybridized carbons (Fsp3) is 0.516. The van der Waals surface area contributed by atoms with E-state index >= 15 is 0 Å². The van der Waals surface area contributed by atoms with Gasteiger partial charge in [0, 0.05) is 25.6 Å². The van der Waals surface area contributed by atoms with Crippen LogP contribution in [0.2, 0.25) is 0 Å². The highest BCUT2D eigenvalue weighted by Crippen LogP contribution is 2.19. The zero-order chi connectivity index (χ0) is 27.7. The molecule has 1 aliphatic heterocycles. The normalized spacial score (nSPS) is 14.0. The predicted octanol–water partition coefficient (Wildman–Crippen LogP) is 5.08. The molecule has 0 atom stereocenters. The smallest absolute Gasteiger partial charge is 0.303 e. The van der Waals surface area contributed by atoms with Crippen molar-refractivity contribution in [1.82, 2.24) is 9.80 Å². The van der Waals surface area contributed by atoms with Gasteiger partial charge in [-0.3, -0.25) is 4.79 Å². The number of carbonyl (C=O) groups is 1. The monoisotopic (exact) mass is 532 g/mol. The van der Waals surface area contributed by atoms with Crippen LogP contribution in [0, 0.1) is 22.7 Å². The highest BCUT2D eigenvalue weighted by atomic mass is 16.5. The first-order chi connectivity index (χ1) is 19.1. The van der Waals surface area contributed by atoms with Crippen LogP contribution in [0.1, 0.15) is 62.5 Å². The Morgan fingerprint density at radius 2 is 1.36 bits per heavy atom. The van der Waals surface area contributed by atoms with Crippen molar-refractivity contribution < 1.29 is 19.4 Å². The second kappa shape index (κ2) is 17.1. The largest absolute Gasteiger partial charge is 0.494 e. The summed E-state index contributed by atoms with van der Waals surface area (Å²) >= 11 is 0. The Morgan fingerprint density at radius 3 is 1.90 bits per heavy atom. The molecule has 39 heavy (non-hydrogen) atoms. The minimum atomic E-state index is -0.721. The highest BCUT2D eigenvalue weighted by Gasteiger charge is 2.24. The van der Waals surface area contributed by atoms with Crippen LogP contribution in [0.25, 0.3) is 0 Å². The molecule has 1 N–H and O–H groups in total. The molecule has 0 radical (unpaired) electrons. The molecule has 1 saturated heterocycles. The van der Waals surface area contributed by atoms with Gasteiger partial charge in [0.15, 0.2) is 0 Å². The summed E-state index contributed by atoms with van der Waals surface area (Å²) in [7, 11) is 0. The number of benzene rings is 2. The van der Waals surface area contributed by atoms with Gasteiger partial charge in [-0.1, -0.05) is 6.42 Å². The maximum atomic E-state index is 10.8. The molecule has 8 heteroatoms. The summed E-state index contributed by atoms with van der Waals surface area (Å²) in [6.07, 6.45) is 7.05. The molecule has 8 nitrogen and oxygen atoms in total. The first-order valence-corrected chi connectivity index (χ1v) is 14.0. The average molecular weight is 533 g/mol. The van der Waals surface area contributed by atoms with E-state index < -0.39 is 5.97 Å². The first kappa shape index (κ1) is 30.0. The lowest BCUT2D eigenvalue weighted by Gasteiger charge is -2.38. The van der Waals surface area contributed by atoms with E-state index in [4.69, 9.17) is 25.1 Å². The average Bonchev–Trinajstić information content (AvgIpc) is 2.97. The van der Waals surface area contributed by atoms with E-state index in [1.807, 2.05) is 24.3 Å². The number of hydrogen-bond acceptors (Lipinski definition) is 7. The van der Waals surface area contributed by atoms with Crippen LogP contribution in [0.15, 0.2) is 48.5 Å². The van der Waals surface area contributed by atoms with E-state index in [-0.39, 0.29) is 6.42 Å². The standard InChI is InChI=1S/C31H40N4O4/c32-24-26-7-11-29(12-8-26)38-22-4-17-34-20-15-28(16-21-34)35(18-3-1-2-6-31(36)37)19-5-23-39-30-13-9-27(25-33)10-14-30/h7-14,28H,1-6,15-23H2,(H,36,37). The number of rotatable bonds is 17. The quantitative estimate of drug-likeness (QED) is 0.281. The van der Waals surface area contributed by atoms with Crippen LogP contribution in [0.3, 0.4) is 0 Å². The van der Waals surface area contributed by atoms with Crippen LogP contribution in [0.4, 0.5) is 0 Å². The summed E-state index contributed by atoms with van der Waals surface area (Å²) in [6.45, 7) is 6.37. The molecule has 3 rings (SSSR count). The van der Waals surface area contributed by atoms with E-state index in [0.29, 0.717) is 30.4 Å². The molecule has 0 aromatic heterocycles. The molecule has 0 aliphatic carbocycles. The molecular weight excluding hydrogens is 492 g/mol. The Hall–Kier alpha value is -3.59. The summed E-state index contributed by atoms with van der Waals surface area (Å²) in [4.78, 5) is 15.9. The second-order valence-corrected chi connectivity index (χ2v) is 9.99. The predicted molar refractivity (Wildman–Crippen MR) is 150 cm³/mol. The molecule has 2 aromatic rings. The maximum absolute atomic E-state index is 10.8. The van der Waals surface area contributed by atoms with E-state index in [9.17, 15) is 4.79 Å². The number of unbranched alkanes of at least 4 members (excludes halogenated alkanes) is 2. The number of carboxylic acid groups (broad SMARTS) is 1. The lowest BCUT2D eigenvalue weighted by molar-refractivity contribution is -0.137. The van der Waals surface area contributed by atoms with Gasteiger partial charge in [-0.25, -0.2) is 0 Å². The van der Waals surface area contributed by atoms with Gasteiger partial charge in [0.25, 0.3) is 0 Å². The van der Waals surface area contributed by atoms with Crippen molar-refractivity contribution in [3.63, 3.8) is 0 Å². The topological polar surface area (TPSA) is 110 Å². The maximum Gasteiger partial charge on any atom is 0.303 e. The lowest BCUT2D eigenvalue weighted by Crippen LogP contribution is -2.46. The number of aliphatic carboxylic acids is 1. The molecule has 0 spiro atoms. The number of hydrogen-bond donors (Lipinski definition) is 1. The molecule has 0 unspecified atom stereocenters. The first-order valence-electron chi connectivity index (χ1n) is 14.0. The fourth-order valence-corrected chi connectivity index (χ4v) is 4.94. The molecule has 2 aromatic carbocycles. The molecule has 0 bridgehead atoms. The van der Waals surface area contributed by atoms with Crippen molar-refractivity contribution in [3.8, 4) is 23.6 Å². The molecule has 0 saturated carbocycles.